The number of methoxy groups -OCH3 is 2. The molecule has 0 spiro atoms. The Bertz CT molecular complexity index is 858. The summed E-state index contributed by atoms with van der Waals surface area (Å²) >= 11 is 2.07. The van der Waals surface area contributed by atoms with Gasteiger partial charge in [0.05, 0.1) is 26.4 Å². The van der Waals surface area contributed by atoms with Gasteiger partial charge < -0.3 is 24.3 Å². The van der Waals surface area contributed by atoms with E-state index >= 15 is 0 Å². The van der Waals surface area contributed by atoms with Crippen LogP contribution in [0, 0.1) is 9.39 Å². The molecular weight excluding hydrogens is 468 g/mol. The second-order valence-electron chi connectivity index (χ2n) is 5.86. The maximum Gasteiger partial charge on any atom is 0.252 e. The van der Waals surface area contributed by atoms with Crippen LogP contribution in [0.1, 0.15) is 21.5 Å². The zero-order chi connectivity index (χ0) is 19.4. The predicted molar refractivity (Wildman–Crippen MR) is 105 cm³/mol. The van der Waals surface area contributed by atoms with Crippen molar-refractivity contribution in [1.82, 2.24) is 5.32 Å². The molecule has 144 valence electrons. The Balaban J connectivity index is 1.70. The molecule has 0 aromatic heterocycles. The lowest BCUT2D eigenvalue weighted by atomic mass is 10.1. The molecule has 1 aliphatic rings. The first-order chi connectivity index (χ1) is 13.0. The van der Waals surface area contributed by atoms with Crippen molar-refractivity contribution in [2.45, 2.75) is 13.0 Å². The molecule has 1 amide bonds. The first-order valence-corrected chi connectivity index (χ1v) is 9.33. The van der Waals surface area contributed by atoms with Crippen molar-refractivity contribution < 1.29 is 28.1 Å². The van der Waals surface area contributed by atoms with E-state index in [-0.39, 0.29) is 18.5 Å². The zero-order valence-corrected chi connectivity index (χ0v) is 17.1. The van der Waals surface area contributed by atoms with E-state index in [4.69, 9.17) is 18.9 Å². The second kappa shape index (κ2) is 8.75. The van der Waals surface area contributed by atoms with Gasteiger partial charge in [-0.2, -0.15) is 0 Å². The Morgan fingerprint density at radius 1 is 1.22 bits per heavy atom. The monoisotopic (exact) mass is 487 g/mol. The van der Waals surface area contributed by atoms with Crippen molar-refractivity contribution in [3.05, 3.63) is 50.3 Å². The molecule has 6 nitrogen and oxygen atoms in total. The van der Waals surface area contributed by atoms with Crippen molar-refractivity contribution in [3.8, 4) is 17.2 Å². The molecule has 0 aliphatic carbocycles. The van der Waals surface area contributed by atoms with E-state index in [0.717, 1.165) is 3.57 Å². The molecule has 0 bridgehead atoms. The molecule has 0 radical (unpaired) electrons. The third-order valence-electron chi connectivity index (χ3n) is 4.15. The molecule has 2 aromatic rings. The van der Waals surface area contributed by atoms with Crippen molar-refractivity contribution in [1.29, 1.82) is 0 Å². The fourth-order valence-electron chi connectivity index (χ4n) is 2.88. The van der Waals surface area contributed by atoms with Crippen LogP contribution < -0.4 is 19.5 Å². The van der Waals surface area contributed by atoms with Crippen LogP contribution in [0.5, 0.6) is 17.2 Å². The van der Waals surface area contributed by atoms with Crippen molar-refractivity contribution in [2.24, 2.45) is 0 Å². The standard InChI is InChI=1S/C19H19FINO5/c1-24-16-7-14(15(21)8-17(16)25-2)19(23)22-4-3-11-5-13(20)6-12-9-26-10-27-18(11)12/h5-8H,3-4,9-10H2,1-2H3,(H,22,23). The maximum absolute atomic E-state index is 13.8. The average Bonchev–Trinajstić information content (AvgIpc) is 2.67. The molecule has 0 atom stereocenters. The van der Waals surface area contributed by atoms with E-state index < -0.39 is 0 Å². The number of benzene rings is 2. The van der Waals surface area contributed by atoms with E-state index in [1.807, 2.05) is 0 Å². The van der Waals surface area contributed by atoms with Crippen LogP contribution in [0.25, 0.3) is 0 Å². The number of rotatable bonds is 6. The lowest BCUT2D eigenvalue weighted by molar-refractivity contribution is -0.0172. The summed E-state index contributed by atoms with van der Waals surface area (Å²) < 4.78 is 35.7. The van der Waals surface area contributed by atoms with E-state index in [1.165, 1.54) is 19.2 Å². The number of fused-ring (bicyclic) bond motifs is 1. The Morgan fingerprint density at radius 2 is 1.96 bits per heavy atom. The van der Waals surface area contributed by atoms with E-state index in [2.05, 4.69) is 27.9 Å². The highest BCUT2D eigenvalue weighted by atomic mass is 127. The van der Waals surface area contributed by atoms with Crippen molar-refractivity contribution in [2.75, 3.05) is 27.6 Å². The number of amides is 1. The SMILES string of the molecule is COc1cc(I)c(C(=O)NCCc2cc(F)cc3c2OCOC3)cc1OC. The number of hydrogen-bond donors (Lipinski definition) is 1. The van der Waals surface area contributed by atoms with E-state index in [9.17, 15) is 9.18 Å². The minimum atomic E-state index is -0.349. The lowest BCUT2D eigenvalue weighted by Gasteiger charge is -2.21. The average molecular weight is 487 g/mol. The smallest absolute Gasteiger partial charge is 0.252 e. The second-order valence-corrected chi connectivity index (χ2v) is 7.02. The van der Waals surface area contributed by atoms with Crippen LogP contribution in [0.4, 0.5) is 4.39 Å². The van der Waals surface area contributed by atoms with Crippen LogP contribution in [-0.2, 0) is 17.8 Å². The first-order valence-electron chi connectivity index (χ1n) is 8.25. The summed E-state index contributed by atoms with van der Waals surface area (Å²) in [5, 5.41) is 2.85. The van der Waals surface area contributed by atoms with Crippen LogP contribution in [0.2, 0.25) is 0 Å². The van der Waals surface area contributed by atoms with Gasteiger partial charge in [0.1, 0.15) is 11.6 Å². The highest BCUT2D eigenvalue weighted by molar-refractivity contribution is 14.1. The molecule has 1 N–H and O–H groups in total. The molecule has 0 fully saturated rings. The first kappa shape index (κ1) is 19.7. The summed E-state index contributed by atoms with van der Waals surface area (Å²) in [6.45, 7) is 0.793. The molecule has 3 rings (SSSR count). The van der Waals surface area contributed by atoms with Gasteiger partial charge >= 0.3 is 0 Å². The summed E-state index contributed by atoms with van der Waals surface area (Å²) in [6.07, 6.45) is 0.440. The lowest BCUT2D eigenvalue weighted by Crippen LogP contribution is -2.27. The summed E-state index contributed by atoms with van der Waals surface area (Å²) in [6, 6.07) is 6.21. The van der Waals surface area contributed by atoms with Gasteiger partial charge in [0.25, 0.3) is 5.91 Å². The van der Waals surface area contributed by atoms with Crippen molar-refractivity contribution in [3.63, 3.8) is 0 Å². The third-order valence-corrected chi connectivity index (χ3v) is 5.04. The topological polar surface area (TPSA) is 66.0 Å². The minimum Gasteiger partial charge on any atom is -0.493 e. The van der Waals surface area contributed by atoms with Gasteiger partial charge in [0, 0.05) is 15.7 Å². The fraction of sp³-hybridized carbons (Fsp3) is 0.316. The molecule has 1 aliphatic heterocycles. The van der Waals surface area contributed by atoms with E-state index in [1.54, 1.807) is 19.2 Å². The normalized spacial score (nSPS) is 12.7. The zero-order valence-electron chi connectivity index (χ0n) is 14.9. The molecule has 1 heterocycles. The number of halogens is 2. The number of nitrogens with one attached hydrogen (secondary N) is 1. The van der Waals surface area contributed by atoms with Crippen molar-refractivity contribution >= 4 is 28.5 Å². The Morgan fingerprint density at radius 3 is 2.70 bits per heavy atom. The molecule has 2 aromatic carbocycles. The van der Waals surface area contributed by atoms with Gasteiger partial charge in [0.2, 0.25) is 0 Å². The Hall–Kier alpha value is -2.07. The molecular formula is C19H19FINO5. The molecule has 8 heteroatoms. The van der Waals surface area contributed by atoms with Gasteiger partial charge in [-0.3, -0.25) is 4.79 Å². The predicted octanol–water partition coefficient (Wildman–Crippen LogP) is 3.29. The van der Waals surface area contributed by atoms with E-state index in [0.29, 0.717) is 53.5 Å². The fourth-order valence-corrected chi connectivity index (χ4v) is 3.56. The molecule has 27 heavy (non-hydrogen) atoms. The highest BCUT2D eigenvalue weighted by Gasteiger charge is 2.18. The Labute approximate surface area is 170 Å². The van der Waals surface area contributed by atoms with Gasteiger partial charge in [-0.25, -0.2) is 4.39 Å². The van der Waals surface area contributed by atoms with Crippen LogP contribution >= 0.6 is 22.6 Å². The van der Waals surface area contributed by atoms with Crippen LogP contribution in [-0.4, -0.2) is 33.5 Å². The summed E-state index contributed by atoms with van der Waals surface area (Å²) in [4.78, 5) is 12.5. The highest BCUT2D eigenvalue weighted by Crippen LogP contribution is 2.32. The van der Waals surface area contributed by atoms with Gasteiger partial charge in [-0.1, -0.05) is 0 Å². The van der Waals surface area contributed by atoms with Crippen LogP contribution in [0.15, 0.2) is 24.3 Å². The minimum absolute atomic E-state index is 0.141. The number of carbonyl (C=O) groups is 1. The Kier molecular flexibility index (Phi) is 6.38. The molecule has 0 saturated carbocycles. The molecule has 0 saturated heterocycles. The summed E-state index contributed by atoms with van der Waals surface area (Å²) in [5.74, 6) is 1.09. The third kappa shape index (κ3) is 4.44. The summed E-state index contributed by atoms with van der Waals surface area (Å²) in [7, 11) is 3.06. The van der Waals surface area contributed by atoms with Crippen LogP contribution in [0.3, 0.4) is 0 Å². The number of hydrogen-bond acceptors (Lipinski definition) is 5. The number of ether oxygens (including phenoxy) is 4. The van der Waals surface area contributed by atoms with Gasteiger partial charge in [-0.15, -0.1) is 0 Å². The van der Waals surface area contributed by atoms with Gasteiger partial charge in [0.15, 0.2) is 18.3 Å². The summed E-state index contributed by atoms with van der Waals surface area (Å²) in [5.41, 5.74) is 1.87. The number of carbonyl (C=O) groups excluding carboxylic acids is 1. The van der Waals surface area contributed by atoms with Gasteiger partial charge in [-0.05, 0) is 58.8 Å². The largest absolute Gasteiger partial charge is 0.493 e. The quantitative estimate of drug-likeness (QED) is 0.634. The maximum atomic E-state index is 13.8. The molecule has 0 unspecified atom stereocenters.